The molecule has 0 spiro atoms. The highest BCUT2D eigenvalue weighted by Gasteiger charge is 2.28. The van der Waals surface area contributed by atoms with E-state index in [1.165, 1.54) is 51.7 Å². The summed E-state index contributed by atoms with van der Waals surface area (Å²) in [6, 6.07) is 0.708. The van der Waals surface area contributed by atoms with Gasteiger partial charge >= 0.3 is 0 Å². The van der Waals surface area contributed by atoms with Crippen LogP contribution in [0.1, 0.15) is 73.6 Å². The first kappa shape index (κ1) is 17.0. The number of hydrogen-bond acceptors (Lipinski definition) is 2. The summed E-state index contributed by atoms with van der Waals surface area (Å²) in [5.74, 6) is 0. The van der Waals surface area contributed by atoms with Gasteiger partial charge in [0.2, 0.25) is 0 Å². The molecule has 0 aromatic rings. The van der Waals surface area contributed by atoms with E-state index in [4.69, 9.17) is 0 Å². The molecule has 2 nitrogen and oxygen atoms in total. The highest BCUT2D eigenvalue weighted by Crippen LogP contribution is 2.28. The lowest BCUT2D eigenvalue weighted by Crippen LogP contribution is -2.48. The summed E-state index contributed by atoms with van der Waals surface area (Å²) in [7, 11) is 0. The molecular formula is C17H36N2. The SMILES string of the molecule is CCCN1CCCC(NC(C)(C)CC(C)(C)C)CC1. The number of rotatable bonds is 5. The largest absolute Gasteiger partial charge is 0.309 e. The minimum Gasteiger partial charge on any atom is -0.309 e. The maximum Gasteiger partial charge on any atom is 0.0132 e. The van der Waals surface area contributed by atoms with Gasteiger partial charge in [-0.25, -0.2) is 0 Å². The van der Waals surface area contributed by atoms with Crippen LogP contribution in [0.2, 0.25) is 0 Å². The summed E-state index contributed by atoms with van der Waals surface area (Å²) >= 11 is 0. The smallest absolute Gasteiger partial charge is 0.0132 e. The van der Waals surface area contributed by atoms with Gasteiger partial charge in [0, 0.05) is 11.6 Å². The van der Waals surface area contributed by atoms with Crippen molar-refractivity contribution >= 4 is 0 Å². The Morgan fingerprint density at radius 1 is 1.05 bits per heavy atom. The van der Waals surface area contributed by atoms with Crippen LogP contribution in [0.25, 0.3) is 0 Å². The Morgan fingerprint density at radius 2 is 1.74 bits per heavy atom. The molecule has 0 amide bonds. The molecule has 0 saturated carbocycles. The van der Waals surface area contributed by atoms with Crippen molar-refractivity contribution in [2.24, 2.45) is 5.41 Å². The molecule has 114 valence electrons. The molecule has 1 heterocycles. The van der Waals surface area contributed by atoms with E-state index < -0.39 is 0 Å². The lowest BCUT2D eigenvalue weighted by atomic mass is 9.81. The van der Waals surface area contributed by atoms with Crippen LogP contribution < -0.4 is 5.32 Å². The van der Waals surface area contributed by atoms with Crippen LogP contribution in [-0.2, 0) is 0 Å². The number of hydrogen-bond donors (Lipinski definition) is 1. The summed E-state index contributed by atoms with van der Waals surface area (Å²) in [5.41, 5.74) is 0.651. The summed E-state index contributed by atoms with van der Waals surface area (Å²) in [6.45, 7) is 17.9. The Hall–Kier alpha value is -0.0800. The molecule has 1 saturated heterocycles. The summed E-state index contributed by atoms with van der Waals surface area (Å²) in [6.07, 6.45) is 6.52. The van der Waals surface area contributed by atoms with Crippen LogP contribution in [0.3, 0.4) is 0 Å². The maximum atomic E-state index is 3.93. The molecular weight excluding hydrogens is 232 g/mol. The van der Waals surface area contributed by atoms with E-state index >= 15 is 0 Å². The molecule has 1 rings (SSSR count). The van der Waals surface area contributed by atoms with Gasteiger partial charge in [0.15, 0.2) is 0 Å². The zero-order valence-corrected chi connectivity index (χ0v) is 14.2. The van der Waals surface area contributed by atoms with Crippen molar-refractivity contribution in [2.45, 2.75) is 85.2 Å². The monoisotopic (exact) mass is 268 g/mol. The normalized spacial score (nSPS) is 23.4. The second-order valence-electron chi connectivity index (χ2n) is 8.24. The molecule has 1 atom stereocenters. The minimum absolute atomic E-state index is 0.253. The standard InChI is InChI=1S/C17H36N2/c1-7-11-19-12-8-9-15(10-13-19)18-17(5,6)14-16(2,3)4/h15,18H,7-14H2,1-6H3. The Kier molecular flexibility index (Phi) is 6.32. The van der Waals surface area contributed by atoms with Crippen molar-refractivity contribution in [2.75, 3.05) is 19.6 Å². The van der Waals surface area contributed by atoms with Crippen LogP contribution >= 0.6 is 0 Å². The Labute approximate surface area is 121 Å². The fraction of sp³-hybridized carbons (Fsp3) is 1.00. The molecule has 0 aromatic carbocycles. The van der Waals surface area contributed by atoms with E-state index in [9.17, 15) is 0 Å². The molecule has 0 radical (unpaired) electrons. The highest BCUT2D eigenvalue weighted by atomic mass is 15.1. The average molecular weight is 268 g/mol. The van der Waals surface area contributed by atoms with Gasteiger partial charge in [-0.2, -0.15) is 0 Å². The zero-order chi connectivity index (χ0) is 14.5. The van der Waals surface area contributed by atoms with E-state index in [0.29, 0.717) is 11.5 Å². The van der Waals surface area contributed by atoms with Crippen molar-refractivity contribution in [3.8, 4) is 0 Å². The minimum atomic E-state index is 0.253. The van der Waals surface area contributed by atoms with Crippen molar-refractivity contribution in [1.82, 2.24) is 10.2 Å². The van der Waals surface area contributed by atoms with Crippen molar-refractivity contribution in [3.63, 3.8) is 0 Å². The molecule has 0 bridgehead atoms. The second kappa shape index (κ2) is 7.08. The number of nitrogens with one attached hydrogen (secondary N) is 1. The van der Waals surface area contributed by atoms with Gasteiger partial charge in [-0.15, -0.1) is 0 Å². The van der Waals surface area contributed by atoms with E-state index in [1.807, 2.05) is 0 Å². The van der Waals surface area contributed by atoms with Gasteiger partial charge in [-0.3, -0.25) is 0 Å². The van der Waals surface area contributed by atoms with Gasteiger partial charge in [0.1, 0.15) is 0 Å². The second-order valence-corrected chi connectivity index (χ2v) is 8.24. The van der Waals surface area contributed by atoms with E-state index in [2.05, 4.69) is 51.8 Å². The number of nitrogens with zero attached hydrogens (tertiary/aromatic N) is 1. The molecule has 1 unspecified atom stereocenters. The summed E-state index contributed by atoms with van der Waals surface area (Å²) < 4.78 is 0. The van der Waals surface area contributed by atoms with Crippen LogP contribution in [0.5, 0.6) is 0 Å². The number of likely N-dealkylation sites (tertiary alicyclic amines) is 1. The predicted octanol–water partition coefficient (Wildman–Crippen LogP) is 4.06. The predicted molar refractivity (Wildman–Crippen MR) is 85.7 cm³/mol. The third kappa shape index (κ3) is 7.31. The van der Waals surface area contributed by atoms with Crippen molar-refractivity contribution in [1.29, 1.82) is 0 Å². The van der Waals surface area contributed by atoms with Crippen LogP contribution in [0.15, 0.2) is 0 Å². The third-order valence-electron chi connectivity index (χ3n) is 3.93. The quantitative estimate of drug-likeness (QED) is 0.809. The molecule has 1 aliphatic rings. The first-order valence-corrected chi connectivity index (χ1v) is 8.22. The molecule has 1 N–H and O–H groups in total. The van der Waals surface area contributed by atoms with E-state index in [0.717, 1.165) is 0 Å². The van der Waals surface area contributed by atoms with Crippen LogP contribution in [0.4, 0.5) is 0 Å². The van der Waals surface area contributed by atoms with Gasteiger partial charge in [-0.1, -0.05) is 27.7 Å². The fourth-order valence-corrected chi connectivity index (χ4v) is 3.77. The fourth-order valence-electron chi connectivity index (χ4n) is 3.77. The third-order valence-corrected chi connectivity index (χ3v) is 3.93. The topological polar surface area (TPSA) is 15.3 Å². The molecule has 0 aliphatic carbocycles. The Bertz CT molecular complexity index is 252. The molecule has 1 fully saturated rings. The van der Waals surface area contributed by atoms with Crippen molar-refractivity contribution < 1.29 is 0 Å². The lowest BCUT2D eigenvalue weighted by Gasteiger charge is -2.36. The average Bonchev–Trinajstić information content (AvgIpc) is 2.40. The van der Waals surface area contributed by atoms with Crippen LogP contribution in [-0.4, -0.2) is 36.1 Å². The van der Waals surface area contributed by atoms with Gasteiger partial charge < -0.3 is 10.2 Å². The van der Waals surface area contributed by atoms with Gasteiger partial charge in [0.25, 0.3) is 0 Å². The Balaban J connectivity index is 2.44. The maximum absolute atomic E-state index is 3.93. The van der Waals surface area contributed by atoms with E-state index in [-0.39, 0.29) is 5.54 Å². The summed E-state index contributed by atoms with van der Waals surface area (Å²) in [5, 5.41) is 3.93. The van der Waals surface area contributed by atoms with E-state index in [1.54, 1.807) is 0 Å². The van der Waals surface area contributed by atoms with Crippen LogP contribution in [0, 0.1) is 5.41 Å². The Morgan fingerprint density at radius 3 is 2.32 bits per heavy atom. The molecule has 2 heteroatoms. The van der Waals surface area contributed by atoms with Gasteiger partial charge in [-0.05, 0) is 71.0 Å². The lowest BCUT2D eigenvalue weighted by molar-refractivity contribution is 0.213. The molecule has 19 heavy (non-hydrogen) atoms. The summed E-state index contributed by atoms with van der Waals surface area (Å²) in [4.78, 5) is 2.64. The zero-order valence-electron chi connectivity index (χ0n) is 14.2. The molecule has 1 aliphatic heterocycles. The molecule has 0 aromatic heterocycles. The first-order chi connectivity index (χ1) is 8.72. The highest BCUT2D eigenvalue weighted by molar-refractivity contribution is 4.87. The van der Waals surface area contributed by atoms with Gasteiger partial charge in [0.05, 0.1) is 0 Å². The van der Waals surface area contributed by atoms with Crippen molar-refractivity contribution in [3.05, 3.63) is 0 Å². The first-order valence-electron chi connectivity index (χ1n) is 8.22.